The molecule has 240 valence electrons. The van der Waals surface area contributed by atoms with Gasteiger partial charge in [0.25, 0.3) is 0 Å². The van der Waals surface area contributed by atoms with Gasteiger partial charge in [-0.2, -0.15) is 0 Å². The Kier molecular flexibility index (Phi) is 10.1. The topological polar surface area (TPSA) is 97.0 Å². The van der Waals surface area contributed by atoms with Crippen molar-refractivity contribution in [2.75, 3.05) is 21.1 Å². The molecule has 9 heteroatoms. The summed E-state index contributed by atoms with van der Waals surface area (Å²) >= 11 is 0. The van der Waals surface area contributed by atoms with Gasteiger partial charge in [0.05, 0.1) is 0 Å². The van der Waals surface area contributed by atoms with Crippen LogP contribution in [-0.2, 0) is 14.4 Å². The molecule has 6 bridgehead atoms. The Balaban J connectivity index is 0.000000145. The van der Waals surface area contributed by atoms with Crippen molar-refractivity contribution in [2.24, 2.45) is 0 Å². The highest BCUT2D eigenvalue weighted by Gasteiger charge is 2.54. The van der Waals surface area contributed by atoms with Gasteiger partial charge in [-0.05, 0) is 119 Å². The van der Waals surface area contributed by atoms with Gasteiger partial charge in [0, 0.05) is 73.6 Å². The van der Waals surface area contributed by atoms with Crippen LogP contribution in [0.3, 0.4) is 0 Å². The van der Waals surface area contributed by atoms with Crippen LogP contribution in [0.2, 0.25) is 0 Å². The zero-order valence-electron chi connectivity index (χ0n) is 28.0. The third-order valence-corrected chi connectivity index (χ3v) is 12.9. The lowest BCUT2D eigenvalue weighted by Gasteiger charge is -2.38. The van der Waals surface area contributed by atoms with Gasteiger partial charge < -0.3 is 16.0 Å². The van der Waals surface area contributed by atoms with E-state index in [1.807, 2.05) is 0 Å². The van der Waals surface area contributed by atoms with E-state index in [2.05, 4.69) is 72.6 Å². The third kappa shape index (κ3) is 5.99. The van der Waals surface area contributed by atoms with Crippen molar-refractivity contribution in [2.45, 2.75) is 171 Å². The molecule has 0 aromatic heterocycles. The Morgan fingerprint density at radius 1 is 0.500 bits per heavy atom. The number of carbonyl (C=O) groups is 3. The van der Waals surface area contributed by atoms with Crippen molar-refractivity contribution < 1.29 is 14.4 Å². The predicted octanol–water partition coefficient (Wildman–Crippen LogP) is 3.41. The van der Waals surface area contributed by atoms with Crippen LogP contribution in [0.25, 0.3) is 0 Å². The molecule has 3 N–H and O–H groups in total. The van der Waals surface area contributed by atoms with E-state index >= 15 is 0 Å². The number of fused-ring (bicyclic) bond motifs is 6. The highest BCUT2D eigenvalue weighted by Crippen LogP contribution is 2.48. The summed E-state index contributed by atoms with van der Waals surface area (Å²) in [4.78, 5) is 40.7. The van der Waals surface area contributed by atoms with E-state index in [-0.39, 0.29) is 52.5 Å². The van der Waals surface area contributed by atoms with E-state index < -0.39 is 0 Å². The van der Waals surface area contributed by atoms with E-state index in [1.165, 1.54) is 77.0 Å². The van der Waals surface area contributed by atoms with Crippen LogP contribution < -0.4 is 16.0 Å². The number of likely N-dealkylation sites (N-methyl/N-ethyl adjacent to an activating group) is 3. The molecule has 1 unspecified atom stereocenters. The maximum absolute atomic E-state index is 11.1. The molecule has 0 saturated carbocycles. The molecule has 6 rings (SSSR count). The van der Waals surface area contributed by atoms with Crippen molar-refractivity contribution in [3.8, 4) is 0 Å². The van der Waals surface area contributed by atoms with Crippen LogP contribution in [0.5, 0.6) is 0 Å². The Bertz CT molecular complexity index is 855. The fourth-order valence-electron chi connectivity index (χ4n) is 10.2. The number of amides is 3. The first-order valence-corrected chi connectivity index (χ1v) is 16.7. The first-order valence-electron chi connectivity index (χ1n) is 16.7. The summed E-state index contributed by atoms with van der Waals surface area (Å²) in [6.07, 6.45) is 15.3. The highest BCUT2D eigenvalue weighted by molar-refractivity contribution is 5.74. The predicted molar refractivity (Wildman–Crippen MR) is 168 cm³/mol. The highest BCUT2D eigenvalue weighted by atomic mass is 16.2. The quantitative estimate of drug-likeness (QED) is 0.440. The third-order valence-electron chi connectivity index (χ3n) is 12.9. The standard InChI is InChI=1S/3C11H20N2O/c3*1-8(12-9(2)14)11-6-4-10(5-7-11)13(11)3/h3*8,10H,4-7H2,1-3H3,(H,12,14)/t2*8-,10?,11?;/m10./s1. The number of nitrogens with zero attached hydrogens (tertiary/aromatic N) is 3. The van der Waals surface area contributed by atoms with Gasteiger partial charge in [0.1, 0.15) is 0 Å². The molecule has 0 spiro atoms. The molecule has 0 aromatic rings. The first-order chi connectivity index (χ1) is 19.7. The van der Waals surface area contributed by atoms with Crippen molar-refractivity contribution in [3.05, 3.63) is 0 Å². The fourth-order valence-corrected chi connectivity index (χ4v) is 10.2. The SMILES string of the molecule is CC(=O)NC(C)C12CCC(CC1)N2C.CC(=O)N[C@@H](C)C12CCC(CC1)N2C.CC(=O)N[C@H](C)C12CCC(CC1)N2C. The average Bonchev–Trinajstić information content (AvgIpc) is 3.76. The smallest absolute Gasteiger partial charge is 0.217 e. The van der Waals surface area contributed by atoms with Gasteiger partial charge in [0.15, 0.2) is 0 Å². The van der Waals surface area contributed by atoms with Crippen LogP contribution in [-0.4, -0.2) is 106 Å². The van der Waals surface area contributed by atoms with Crippen molar-refractivity contribution in [1.82, 2.24) is 30.7 Å². The van der Waals surface area contributed by atoms with E-state index in [0.29, 0.717) is 0 Å². The van der Waals surface area contributed by atoms with E-state index in [1.54, 1.807) is 20.8 Å². The average molecular weight is 589 g/mol. The van der Waals surface area contributed by atoms with E-state index in [0.717, 1.165) is 18.1 Å². The Morgan fingerprint density at radius 2 is 0.690 bits per heavy atom. The first kappa shape index (κ1) is 33.2. The molecule has 0 aromatic carbocycles. The molecule has 0 radical (unpaired) electrons. The minimum Gasteiger partial charge on any atom is -0.352 e. The number of carbonyl (C=O) groups excluding carboxylic acids is 3. The minimum absolute atomic E-state index is 0.0932. The number of hydrogen-bond donors (Lipinski definition) is 3. The van der Waals surface area contributed by atoms with E-state index in [4.69, 9.17) is 0 Å². The summed E-state index contributed by atoms with van der Waals surface area (Å²) < 4.78 is 0. The van der Waals surface area contributed by atoms with E-state index in [9.17, 15) is 14.4 Å². The second-order valence-electron chi connectivity index (χ2n) is 14.6. The van der Waals surface area contributed by atoms with Crippen molar-refractivity contribution in [1.29, 1.82) is 0 Å². The Labute approximate surface area is 255 Å². The molecule has 42 heavy (non-hydrogen) atoms. The molecule has 6 aliphatic heterocycles. The summed E-state index contributed by atoms with van der Waals surface area (Å²) in [6, 6.07) is 3.18. The molecule has 3 amide bonds. The molecule has 0 aliphatic carbocycles. The van der Waals surface area contributed by atoms with Crippen LogP contribution in [0.1, 0.15) is 119 Å². The maximum atomic E-state index is 11.1. The van der Waals surface area contributed by atoms with Crippen molar-refractivity contribution >= 4 is 17.7 Å². The van der Waals surface area contributed by atoms with Gasteiger partial charge in [-0.25, -0.2) is 0 Å². The second-order valence-corrected chi connectivity index (χ2v) is 14.6. The summed E-state index contributed by atoms with van der Waals surface area (Å²) in [6.45, 7) is 11.3. The summed E-state index contributed by atoms with van der Waals surface area (Å²) in [5.41, 5.74) is 0.781. The summed E-state index contributed by atoms with van der Waals surface area (Å²) in [5, 5.41) is 9.16. The maximum Gasteiger partial charge on any atom is 0.217 e. The Morgan fingerprint density at radius 3 is 0.810 bits per heavy atom. The molecule has 6 heterocycles. The Hall–Kier alpha value is -1.71. The zero-order valence-corrected chi connectivity index (χ0v) is 28.0. The molecule has 6 aliphatic rings. The normalized spacial score (nSPS) is 38.6. The monoisotopic (exact) mass is 588 g/mol. The summed E-state index contributed by atoms with van der Waals surface area (Å²) in [5.74, 6) is 0.280. The lowest BCUT2D eigenvalue weighted by Crippen LogP contribution is -2.54. The van der Waals surface area contributed by atoms with Crippen LogP contribution in [0.4, 0.5) is 0 Å². The molecule has 6 fully saturated rings. The lowest BCUT2D eigenvalue weighted by atomic mass is 9.82. The summed E-state index contributed by atoms with van der Waals surface area (Å²) in [7, 11) is 6.63. The fraction of sp³-hybridized carbons (Fsp3) is 0.909. The molecule has 9 nitrogen and oxygen atoms in total. The molecular weight excluding hydrogens is 528 g/mol. The zero-order chi connectivity index (χ0) is 31.0. The van der Waals surface area contributed by atoms with Crippen LogP contribution in [0, 0.1) is 0 Å². The lowest BCUT2D eigenvalue weighted by molar-refractivity contribution is -0.121. The molecular formula is C33H60N6O3. The minimum atomic E-state index is 0.0932. The van der Waals surface area contributed by atoms with Gasteiger partial charge in [-0.1, -0.05) is 0 Å². The molecule has 6 saturated heterocycles. The second kappa shape index (κ2) is 12.7. The number of nitrogens with one attached hydrogen (secondary N) is 3. The largest absolute Gasteiger partial charge is 0.352 e. The number of rotatable bonds is 6. The van der Waals surface area contributed by atoms with Crippen LogP contribution in [0.15, 0.2) is 0 Å². The number of hydrogen-bond acceptors (Lipinski definition) is 6. The van der Waals surface area contributed by atoms with Gasteiger partial charge >= 0.3 is 0 Å². The van der Waals surface area contributed by atoms with Crippen LogP contribution >= 0.6 is 0 Å². The van der Waals surface area contributed by atoms with Gasteiger partial charge in [0.2, 0.25) is 17.7 Å². The van der Waals surface area contributed by atoms with Gasteiger partial charge in [-0.15, -0.1) is 0 Å². The van der Waals surface area contributed by atoms with Crippen molar-refractivity contribution in [3.63, 3.8) is 0 Å². The molecule has 3 atom stereocenters. The van der Waals surface area contributed by atoms with Gasteiger partial charge in [-0.3, -0.25) is 29.1 Å².